The third-order valence-corrected chi connectivity index (χ3v) is 5.70. The largest absolute Gasteiger partial charge is 0.393 e. The second kappa shape index (κ2) is 4.35. The van der Waals surface area contributed by atoms with Gasteiger partial charge in [0, 0.05) is 25.1 Å². The van der Waals surface area contributed by atoms with Crippen LogP contribution in [0, 0.1) is 0 Å². The standard InChI is InChI=1S/C12H18N2O3S/c15-10-3-4-14-7-11(13-12(14)6-10)9-2-1-5-18(16,17)8-9/h7,9-10,15H,1-6,8H2. The lowest BCUT2D eigenvalue weighted by Gasteiger charge is -2.19. The Hall–Kier alpha value is -0.880. The maximum Gasteiger partial charge on any atom is 0.150 e. The van der Waals surface area contributed by atoms with Crippen LogP contribution in [0.5, 0.6) is 0 Å². The number of nitrogens with zero attached hydrogens (tertiary/aromatic N) is 2. The average molecular weight is 270 g/mol. The summed E-state index contributed by atoms with van der Waals surface area (Å²) in [7, 11) is -2.89. The molecule has 18 heavy (non-hydrogen) atoms. The van der Waals surface area contributed by atoms with Crippen LogP contribution in [-0.4, -0.2) is 40.7 Å². The molecule has 3 rings (SSSR count). The van der Waals surface area contributed by atoms with Gasteiger partial charge in [0.25, 0.3) is 0 Å². The minimum Gasteiger partial charge on any atom is -0.393 e. The highest BCUT2D eigenvalue weighted by Crippen LogP contribution is 2.29. The van der Waals surface area contributed by atoms with Crippen LogP contribution in [0.3, 0.4) is 0 Å². The second-order valence-electron chi connectivity index (χ2n) is 5.38. The maximum atomic E-state index is 11.7. The average Bonchev–Trinajstić information content (AvgIpc) is 2.70. The lowest BCUT2D eigenvalue weighted by Crippen LogP contribution is -2.24. The van der Waals surface area contributed by atoms with Gasteiger partial charge in [-0.25, -0.2) is 13.4 Å². The Bertz CT molecular complexity index is 550. The molecule has 0 aromatic carbocycles. The van der Waals surface area contributed by atoms with Crippen molar-refractivity contribution in [2.45, 2.75) is 44.2 Å². The van der Waals surface area contributed by atoms with Crippen molar-refractivity contribution >= 4 is 9.84 Å². The molecular formula is C12H18N2O3S. The van der Waals surface area contributed by atoms with Gasteiger partial charge in [0.15, 0.2) is 9.84 Å². The van der Waals surface area contributed by atoms with E-state index in [2.05, 4.69) is 9.55 Å². The van der Waals surface area contributed by atoms with Crippen molar-refractivity contribution in [3.63, 3.8) is 0 Å². The number of aliphatic hydroxyl groups is 1. The molecule has 2 unspecified atom stereocenters. The quantitative estimate of drug-likeness (QED) is 0.806. The molecule has 0 aliphatic carbocycles. The van der Waals surface area contributed by atoms with Crippen molar-refractivity contribution in [1.82, 2.24) is 9.55 Å². The molecule has 1 fully saturated rings. The fourth-order valence-corrected chi connectivity index (χ4v) is 4.61. The third-order valence-electron chi connectivity index (χ3n) is 3.88. The summed E-state index contributed by atoms with van der Waals surface area (Å²) in [6, 6.07) is 0. The summed E-state index contributed by atoms with van der Waals surface area (Å²) < 4.78 is 25.4. The van der Waals surface area contributed by atoms with E-state index in [1.165, 1.54) is 0 Å². The molecule has 0 amide bonds. The van der Waals surface area contributed by atoms with Crippen molar-refractivity contribution in [3.05, 3.63) is 17.7 Å². The van der Waals surface area contributed by atoms with Gasteiger partial charge >= 0.3 is 0 Å². The first-order valence-electron chi connectivity index (χ1n) is 6.48. The lowest BCUT2D eigenvalue weighted by atomic mass is 10.0. The van der Waals surface area contributed by atoms with Crippen LogP contribution < -0.4 is 0 Å². The number of rotatable bonds is 1. The van der Waals surface area contributed by atoms with E-state index < -0.39 is 9.84 Å². The highest BCUT2D eigenvalue weighted by molar-refractivity contribution is 7.91. The Morgan fingerprint density at radius 2 is 2.22 bits per heavy atom. The lowest BCUT2D eigenvalue weighted by molar-refractivity contribution is 0.141. The molecule has 100 valence electrons. The van der Waals surface area contributed by atoms with Gasteiger partial charge in [0.1, 0.15) is 5.82 Å². The minimum absolute atomic E-state index is 0.0407. The Morgan fingerprint density at radius 3 is 3.00 bits per heavy atom. The van der Waals surface area contributed by atoms with E-state index in [4.69, 9.17) is 0 Å². The van der Waals surface area contributed by atoms with Crippen molar-refractivity contribution < 1.29 is 13.5 Å². The van der Waals surface area contributed by atoms with Gasteiger partial charge in [-0.1, -0.05) is 0 Å². The Morgan fingerprint density at radius 1 is 1.39 bits per heavy atom. The number of aryl methyl sites for hydroxylation is 1. The van der Waals surface area contributed by atoms with Crippen molar-refractivity contribution in [2.75, 3.05) is 11.5 Å². The SMILES string of the molecule is O=S1(=O)CCCC(c2cn3c(n2)CC(O)CC3)C1. The number of fused-ring (bicyclic) bond motifs is 1. The topological polar surface area (TPSA) is 72.2 Å². The van der Waals surface area contributed by atoms with Crippen LogP contribution >= 0.6 is 0 Å². The third kappa shape index (κ3) is 2.31. The molecule has 3 heterocycles. The number of aliphatic hydroxyl groups excluding tert-OH is 1. The molecule has 2 atom stereocenters. The summed E-state index contributed by atoms with van der Waals surface area (Å²) in [5.41, 5.74) is 0.891. The molecule has 1 N–H and O–H groups in total. The van der Waals surface area contributed by atoms with Crippen molar-refractivity contribution in [1.29, 1.82) is 0 Å². The monoisotopic (exact) mass is 270 g/mol. The van der Waals surface area contributed by atoms with Crippen LogP contribution in [0.4, 0.5) is 0 Å². The molecule has 1 saturated heterocycles. The first kappa shape index (κ1) is 12.2. The zero-order valence-electron chi connectivity index (χ0n) is 10.2. The van der Waals surface area contributed by atoms with Crippen LogP contribution in [0.25, 0.3) is 0 Å². The number of imidazole rings is 1. The van der Waals surface area contributed by atoms with E-state index in [1.54, 1.807) is 0 Å². The highest BCUT2D eigenvalue weighted by Gasteiger charge is 2.29. The zero-order valence-corrected chi connectivity index (χ0v) is 11.1. The Labute approximate surface area is 107 Å². The number of aromatic nitrogens is 2. The Kier molecular flexibility index (Phi) is 2.94. The van der Waals surface area contributed by atoms with E-state index in [-0.39, 0.29) is 17.8 Å². The summed E-state index contributed by atoms with van der Waals surface area (Å²) in [6.45, 7) is 0.781. The van der Waals surface area contributed by atoms with Crippen molar-refractivity contribution in [2.24, 2.45) is 0 Å². The van der Waals surface area contributed by atoms with Gasteiger partial charge in [-0.3, -0.25) is 0 Å². The molecule has 5 nitrogen and oxygen atoms in total. The summed E-state index contributed by atoms with van der Waals surface area (Å²) in [6.07, 6.45) is 4.65. The van der Waals surface area contributed by atoms with E-state index in [9.17, 15) is 13.5 Å². The van der Waals surface area contributed by atoms with Gasteiger partial charge in [-0.05, 0) is 19.3 Å². The predicted molar refractivity (Wildman–Crippen MR) is 67.2 cm³/mol. The summed E-state index contributed by atoms with van der Waals surface area (Å²) >= 11 is 0. The molecule has 1 aromatic heterocycles. The fourth-order valence-electron chi connectivity index (χ4n) is 2.89. The van der Waals surface area contributed by atoms with Gasteiger partial charge < -0.3 is 9.67 Å². The van der Waals surface area contributed by atoms with Crippen molar-refractivity contribution in [3.8, 4) is 0 Å². The molecule has 1 aromatic rings. The maximum absolute atomic E-state index is 11.7. The molecule has 2 aliphatic rings. The van der Waals surface area contributed by atoms with Crippen LogP contribution in [0.1, 0.15) is 36.7 Å². The molecule has 0 saturated carbocycles. The molecule has 0 radical (unpaired) electrons. The van der Waals surface area contributed by atoms with E-state index in [0.717, 1.165) is 37.3 Å². The van der Waals surface area contributed by atoms with Crippen LogP contribution in [0.15, 0.2) is 6.20 Å². The summed E-state index contributed by atoms with van der Waals surface area (Å²) in [5.74, 6) is 1.48. The first-order valence-corrected chi connectivity index (χ1v) is 8.30. The fraction of sp³-hybridized carbons (Fsp3) is 0.750. The zero-order chi connectivity index (χ0) is 12.8. The molecule has 0 spiro atoms. The molecule has 6 heteroatoms. The van der Waals surface area contributed by atoms with Gasteiger partial charge in [-0.15, -0.1) is 0 Å². The van der Waals surface area contributed by atoms with E-state index >= 15 is 0 Å². The smallest absolute Gasteiger partial charge is 0.150 e. The number of hydrogen-bond donors (Lipinski definition) is 1. The normalized spacial score (nSPS) is 30.9. The van der Waals surface area contributed by atoms with Crippen LogP contribution in [-0.2, 0) is 22.8 Å². The van der Waals surface area contributed by atoms with Gasteiger partial charge in [0.05, 0.1) is 23.3 Å². The predicted octanol–water partition coefficient (Wildman–Crippen LogP) is 0.482. The molecular weight excluding hydrogens is 252 g/mol. The second-order valence-corrected chi connectivity index (χ2v) is 7.60. The van der Waals surface area contributed by atoms with Gasteiger partial charge in [0.2, 0.25) is 0 Å². The number of sulfone groups is 1. The van der Waals surface area contributed by atoms with Gasteiger partial charge in [-0.2, -0.15) is 0 Å². The first-order chi connectivity index (χ1) is 8.53. The van der Waals surface area contributed by atoms with Crippen LogP contribution in [0.2, 0.25) is 0 Å². The van der Waals surface area contributed by atoms with E-state index in [0.29, 0.717) is 12.2 Å². The van der Waals surface area contributed by atoms with E-state index in [1.807, 2.05) is 6.20 Å². The summed E-state index contributed by atoms with van der Waals surface area (Å²) in [4.78, 5) is 4.53. The highest BCUT2D eigenvalue weighted by atomic mass is 32.2. The number of hydrogen-bond acceptors (Lipinski definition) is 4. The summed E-state index contributed by atoms with van der Waals surface area (Å²) in [5, 5.41) is 9.61. The molecule has 0 bridgehead atoms. The minimum atomic E-state index is -2.89. The molecule has 2 aliphatic heterocycles. The Balaban J connectivity index is 1.85.